The lowest BCUT2D eigenvalue weighted by Gasteiger charge is -2.42. The monoisotopic (exact) mass is 252 g/mol. The molecule has 0 unspecified atom stereocenters. The van der Waals surface area contributed by atoms with Crippen molar-refractivity contribution in [3.63, 3.8) is 0 Å². The normalized spacial score (nSPS) is 54.2. The Balaban J connectivity index is 2.01. The molecule has 2 heteroatoms. The summed E-state index contributed by atoms with van der Waals surface area (Å²) in [5.74, 6) is 2.71. The molecule has 2 bridgehead atoms. The van der Waals surface area contributed by atoms with Crippen LogP contribution < -0.4 is 0 Å². The Morgan fingerprint density at radius 1 is 1.17 bits per heavy atom. The molecule has 3 rings (SSSR count). The van der Waals surface area contributed by atoms with Crippen LogP contribution >= 0.6 is 0 Å². The summed E-state index contributed by atoms with van der Waals surface area (Å²) in [4.78, 5) is 0. The third-order valence-electron chi connectivity index (χ3n) is 6.41. The molecule has 0 aromatic carbocycles. The predicted octanol–water partition coefficient (Wildman–Crippen LogP) is 3.64. The molecule has 3 fully saturated rings. The zero-order chi connectivity index (χ0) is 13.1. The molecular formula is C16H28O2. The molecule has 2 aliphatic carbocycles. The molecule has 0 aromatic rings. The van der Waals surface area contributed by atoms with Crippen LogP contribution in [0.2, 0.25) is 0 Å². The maximum Gasteiger partial charge on any atom is 0.0750 e. The van der Waals surface area contributed by atoms with Crippen LogP contribution in [-0.2, 0) is 9.47 Å². The molecule has 0 amide bonds. The summed E-state index contributed by atoms with van der Waals surface area (Å²) in [6.07, 6.45) is 5.51. The minimum absolute atomic E-state index is 0.0355. The highest BCUT2D eigenvalue weighted by atomic mass is 16.5. The first-order valence-electron chi connectivity index (χ1n) is 7.63. The van der Waals surface area contributed by atoms with Gasteiger partial charge >= 0.3 is 0 Å². The summed E-state index contributed by atoms with van der Waals surface area (Å²) in [6.45, 7) is 9.36. The van der Waals surface area contributed by atoms with E-state index >= 15 is 0 Å². The van der Waals surface area contributed by atoms with Crippen LogP contribution in [-0.4, -0.2) is 24.4 Å². The molecule has 0 aromatic heterocycles. The van der Waals surface area contributed by atoms with Gasteiger partial charge in [-0.1, -0.05) is 13.8 Å². The van der Waals surface area contributed by atoms with Gasteiger partial charge in [0.2, 0.25) is 0 Å². The Morgan fingerprint density at radius 3 is 2.56 bits per heavy atom. The summed E-state index contributed by atoms with van der Waals surface area (Å²) in [6, 6.07) is 0. The van der Waals surface area contributed by atoms with Crippen molar-refractivity contribution in [2.75, 3.05) is 7.11 Å². The van der Waals surface area contributed by atoms with Gasteiger partial charge in [-0.05, 0) is 63.2 Å². The minimum Gasteiger partial charge on any atom is -0.381 e. The molecule has 1 saturated heterocycles. The molecule has 6 atom stereocenters. The fraction of sp³-hybridized carbons (Fsp3) is 1.00. The fourth-order valence-corrected chi connectivity index (χ4v) is 5.20. The van der Waals surface area contributed by atoms with Crippen LogP contribution in [0, 0.1) is 23.7 Å². The van der Waals surface area contributed by atoms with Crippen molar-refractivity contribution in [3.05, 3.63) is 0 Å². The Labute approximate surface area is 111 Å². The van der Waals surface area contributed by atoms with Gasteiger partial charge in [-0.15, -0.1) is 0 Å². The minimum atomic E-state index is 0.0355. The van der Waals surface area contributed by atoms with Crippen molar-refractivity contribution in [1.82, 2.24) is 0 Å². The van der Waals surface area contributed by atoms with Crippen LogP contribution in [0.15, 0.2) is 0 Å². The molecular weight excluding hydrogens is 224 g/mol. The molecule has 2 nitrogen and oxygen atoms in total. The highest BCUT2D eigenvalue weighted by molar-refractivity contribution is 5.12. The van der Waals surface area contributed by atoms with Gasteiger partial charge in [0.1, 0.15) is 0 Å². The first-order chi connectivity index (χ1) is 8.40. The van der Waals surface area contributed by atoms with Crippen LogP contribution in [0.3, 0.4) is 0 Å². The van der Waals surface area contributed by atoms with Crippen molar-refractivity contribution in [2.24, 2.45) is 23.7 Å². The van der Waals surface area contributed by atoms with E-state index in [1.54, 1.807) is 0 Å². The van der Waals surface area contributed by atoms with Crippen molar-refractivity contribution < 1.29 is 9.47 Å². The van der Waals surface area contributed by atoms with Gasteiger partial charge < -0.3 is 9.47 Å². The van der Waals surface area contributed by atoms with Crippen LogP contribution in [0.4, 0.5) is 0 Å². The average Bonchev–Trinajstić information content (AvgIpc) is 2.69. The number of hydrogen-bond acceptors (Lipinski definition) is 2. The van der Waals surface area contributed by atoms with Gasteiger partial charge in [0, 0.05) is 7.11 Å². The molecule has 1 spiro atoms. The third-order valence-corrected chi connectivity index (χ3v) is 6.41. The fourth-order valence-electron chi connectivity index (χ4n) is 5.20. The highest BCUT2D eigenvalue weighted by Crippen LogP contribution is 2.61. The Bertz CT molecular complexity index is 338. The maximum atomic E-state index is 6.68. The van der Waals surface area contributed by atoms with Crippen molar-refractivity contribution in [3.8, 4) is 0 Å². The van der Waals surface area contributed by atoms with Crippen LogP contribution in [0.1, 0.15) is 53.4 Å². The smallest absolute Gasteiger partial charge is 0.0750 e. The van der Waals surface area contributed by atoms with E-state index in [0.717, 1.165) is 0 Å². The second-order valence-electron chi connectivity index (χ2n) is 7.52. The summed E-state index contributed by atoms with van der Waals surface area (Å²) in [7, 11) is 1.89. The van der Waals surface area contributed by atoms with Gasteiger partial charge in [-0.25, -0.2) is 0 Å². The number of hydrogen-bond donors (Lipinski definition) is 0. The first-order valence-corrected chi connectivity index (χ1v) is 7.63. The molecule has 3 aliphatic rings. The molecule has 2 saturated carbocycles. The van der Waals surface area contributed by atoms with E-state index < -0.39 is 0 Å². The van der Waals surface area contributed by atoms with Crippen molar-refractivity contribution in [2.45, 2.75) is 70.7 Å². The number of rotatable bonds is 1. The van der Waals surface area contributed by atoms with E-state index in [9.17, 15) is 0 Å². The summed E-state index contributed by atoms with van der Waals surface area (Å²) < 4.78 is 12.5. The molecule has 104 valence electrons. The maximum absolute atomic E-state index is 6.68. The highest BCUT2D eigenvalue weighted by Gasteiger charge is 2.63. The zero-order valence-corrected chi connectivity index (χ0v) is 12.5. The Hall–Kier alpha value is -0.0800. The Kier molecular flexibility index (Phi) is 2.84. The number of fused-ring (bicyclic) bond motifs is 1. The van der Waals surface area contributed by atoms with E-state index in [1.165, 1.54) is 25.7 Å². The van der Waals surface area contributed by atoms with Gasteiger partial charge in [-0.3, -0.25) is 0 Å². The lowest BCUT2D eigenvalue weighted by Crippen LogP contribution is -2.46. The number of methoxy groups -OCH3 is 1. The van der Waals surface area contributed by atoms with Crippen LogP contribution in [0.25, 0.3) is 0 Å². The van der Waals surface area contributed by atoms with Gasteiger partial charge in [0.15, 0.2) is 0 Å². The van der Waals surface area contributed by atoms with E-state index in [0.29, 0.717) is 29.8 Å². The summed E-state index contributed by atoms with van der Waals surface area (Å²) in [5, 5.41) is 0. The summed E-state index contributed by atoms with van der Waals surface area (Å²) in [5.41, 5.74) is 0.189. The lowest BCUT2D eigenvalue weighted by molar-refractivity contribution is -0.160. The molecule has 0 radical (unpaired) electrons. The third kappa shape index (κ3) is 1.54. The lowest BCUT2D eigenvalue weighted by atomic mass is 9.76. The summed E-state index contributed by atoms with van der Waals surface area (Å²) >= 11 is 0. The average molecular weight is 252 g/mol. The van der Waals surface area contributed by atoms with Gasteiger partial charge in [0.25, 0.3) is 0 Å². The standard InChI is InChI=1S/C16H28O2/c1-10-6-7-13-11(2)14(17-5)8-12-9-16(10,13)18-15(12,3)4/h10-14H,6-9H2,1-5H3/t10-,11-,12-,13-,14+,16+/m1/s1. The zero-order valence-electron chi connectivity index (χ0n) is 12.5. The first kappa shape index (κ1) is 12.9. The second kappa shape index (κ2) is 3.96. The van der Waals surface area contributed by atoms with Crippen molar-refractivity contribution in [1.29, 1.82) is 0 Å². The van der Waals surface area contributed by atoms with Crippen LogP contribution in [0.5, 0.6) is 0 Å². The van der Waals surface area contributed by atoms with Crippen molar-refractivity contribution >= 4 is 0 Å². The van der Waals surface area contributed by atoms with E-state index in [1.807, 2.05) is 7.11 Å². The van der Waals surface area contributed by atoms with Gasteiger partial charge in [-0.2, -0.15) is 0 Å². The second-order valence-corrected chi connectivity index (χ2v) is 7.52. The van der Waals surface area contributed by atoms with E-state index in [2.05, 4.69) is 27.7 Å². The quantitative estimate of drug-likeness (QED) is 0.709. The molecule has 0 N–H and O–H groups in total. The molecule has 1 aliphatic heterocycles. The number of ether oxygens (including phenoxy) is 2. The largest absolute Gasteiger partial charge is 0.381 e. The predicted molar refractivity (Wildman–Crippen MR) is 72.5 cm³/mol. The molecule has 1 heterocycles. The molecule has 18 heavy (non-hydrogen) atoms. The topological polar surface area (TPSA) is 18.5 Å². The van der Waals surface area contributed by atoms with Gasteiger partial charge in [0.05, 0.1) is 17.3 Å². The van der Waals surface area contributed by atoms with E-state index in [4.69, 9.17) is 9.47 Å². The SMILES string of the molecule is CO[C@H]1C[C@@H]2C[C@]3(OC2(C)C)[C@H](C)CC[C@@H]3[C@H]1C. The van der Waals surface area contributed by atoms with E-state index in [-0.39, 0.29) is 11.2 Å². The Morgan fingerprint density at radius 2 is 1.89 bits per heavy atom.